The number of halogens is 2. The summed E-state index contributed by atoms with van der Waals surface area (Å²) in [6.45, 7) is 6.59. The Morgan fingerprint density at radius 1 is 0.809 bits per heavy atom. The molecule has 0 saturated heterocycles. The van der Waals surface area contributed by atoms with Crippen LogP contribution in [0.25, 0.3) is 0 Å². The van der Waals surface area contributed by atoms with Crippen LogP contribution < -0.4 is 19.5 Å². The molecule has 5 rings (SSSR count). The van der Waals surface area contributed by atoms with Gasteiger partial charge in [0.05, 0.1) is 30.2 Å². The van der Waals surface area contributed by atoms with Gasteiger partial charge >= 0.3 is 13.6 Å². The molecular weight excluding hydrogens is 647 g/mol. The van der Waals surface area contributed by atoms with Gasteiger partial charge in [0, 0.05) is 17.6 Å². The minimum Gasteiger partial charge on any atom is -0.491 e. The Morgan fingerprint density at radius 3 is 1.94 bits per heavy atom. The second-order valence-corrected chi connectivity index (χ2v) is 13.7. The van der Waals surface area contributed by atoms with Crippen LogP contribution >= 0.6 is 18.9 Å². The van der Waals surface area contributed by atoms with Crippen LogP contribution in [0.3, 0.4) is 0 Å². The Hall–Kier alpha value is -4.41. The molecule has 0 aliphatic rings. The Bertz CT molecular complexity index is 1840. The average Bonchev–Trinajstić information content (AvgIpc) is 3.55. The van der Waals surface area contributed by atoms with Gasteiger partial charge in [0.1, 0.15) is 28.9 Å². The predicted octanol–water partition coefficient (Wildman–Crippen LogP) is 9.09. The van der Waals surface area contributed by atoms with E-state index in [-0.39, 0.29) is 35.4 Å². The zero-order valence-corrected chi connectivity index (χ0v) is 27.8. The lowest BCUT2D eigenvalue weighted by Crippen LogP contribution is -2.11. The number of thiazole rings is 1. The number of hydrogen-bond acceptors (Lipinski definition) is 9. The Balaban J connectivity index is 1.38. The van der Waals surface area contributed by atoms with Crippen LogP contribution in [0.1, 0.15) is 46.5 Å². The van der Waals surface area contributed by atoms with Gasteiger partial charge in [-0.25, -0.2) is 18.6 Å². The topological polar surface area (TPSA) is 93.2 Å². The fraction of sp³-hybridized carbons (Fsp3) is 0.200. The van der Waals surface area contributed by atoms with E-state index in [4.69, 9.17) is 23.3 Å². The number of rotatable bonds is 13. The zero-order valence-electron chi connectivity index (χ0n) is 26.1. The molecule has 4 aromatic carbocycles. The maximum Gasteiger partial charge on any atom is 0.361 e. The summed E-state index contributed by atoms with van der Waals surface area (Å²) in [5.74, 6) is -0.428. The van der Waals surface area contributed by atoms with Crippen molar-refractivity contribution < 1.29 is 41.4 Å². The number of carbonyl (C=O) groups is 1. The summed E-state index contributed by atoms with van der Waals surface area (Å²) in [6, 6.07) is 20.0. The second-order valence-electron chi connectivity index (χ2n) is 10.9. The molecule has 1 aromatic heterocycles. The fourth-order valence-electron chi connectivity index (χ4n) is 4.28. The highest BCUT2D eigenvalue weighted by molar-refractivity contribution is 7.62. The summed E-state index contributed by atoms with van der Waals surface area (Å²) < 4.78 is 71.4. The van der Waals surface area contributed by atoms with E-state index in [1.165, 1.54) is 47.9 Å². The van der Waals surface area contributed by atoms with Crippen molar-refractivity contribution in [2.45, 2.75) is 47.0 Å². The molecule has 47 heavy (non-hydrogen) atoms. The molecule has 0 aliphatic carbocycles. The van der Waals surface area contributed by atoms with Crippen LogP contribution in [-0.2, 0) is 26.8 Å². The van der Waals surface area contributed by atoms with Gasteiger partial charge in [-0.15, -0.1) is 0 Å². The maximum absolute atomic E-state index is 14.2. The molecule has 0 amide bonds. The number of esters is 1. The summed E-state index contributed by atoms with van der Waals surface area (Å²) in [4.78, 5) is 16.8. The summed E-state index contributed by atoms with van der Waals surface area (Å²) in [5.41, 5.74) is 2.05. The molecule has 0 unspecified atom stereocenters. The van der Waals surface area contributed by atoms with E-state index in [1.807, 2.05) is 13.8 Å². The summed E-state index contributed by atoms with van der Waals surface area (Å²) in [7, 11) is -4.02. The first-order valence-electron chi connectivity index (χ1n) is 14.6. The fourth-order valence-corrected chi connectivity index (χ4v) is 6.29. The molecule has 0 bridgehead atoms. The van der Waals surface area contributed by atoms with Gasteiger partial charge in [0.25, 0.3) is 5.19 Å². The van der Waals surface area contributed by atoms with Crippen molar-refractivity contribution in [1.29, 1.82) is 0 Å². The van der Waals surface area contributed by atoms with Gasteiger partial charge in [0.15, 0.2) is 0 Å². The van der Waals surface area contributed by atoms with E-state index in [1.54, 1.807) is 67.8 Å². The third-order valence-corrected chi connectivity index (χ3v) is 9.26. The third-order valence-electron chi connectivity index (χ3n) is 6.74. The van der Waals surface area contributed by atoms with E-state index in [0.29, 0.717) is 39.5 Å². The third kappa shape index (κ3) is 9.11. The lowest BCUT2D eigenvalue weighted by Gasteiger charge is -2.20. The molecule has 1 heterocycles. The van der Waals surface area contributed by atoms with Crippen molar-refractivity contribution in [3.63, 3.8) is 0 Å². The average molecular weight is 680 g/mol. The number of ether oxygens (including phenoxy) is 3. The zero-order chi connectivity index (χ0) is 33.6. The van der Waals surface area contributed by atoms with Crippen molar-refractivity contribution >= 4 is 30.2 Å². The van der Waals surface area contributed by atoms with Gasteiger partial charge in [-0.05, 0) is 98.5 Å². The van der Waals surface area contributed by atoms with Crippen LogP contribution in [0, 0.1) is 25.5 Å². The molecular formula is C35H32F2NO7PS. The molecule has 0 aliphatic heterocycles. The smallest absolute Gasteiger partial charge is 0.361 e. The van der Waals surface area contributed by atoms with Crippen molar-refractivity contribution in [3.8, 4) is 22.4 Å². The first-order valence-corrected chi connectivity index (χ1v) is 17.0. The summed E-state index contributed by atoms with van der Waals surface area (Å²) in [5, 5.41) is 2.10. The molecule has 0 radical (unpaired) electrons. The van der Waals surface area contributed by atoms with E-state index < -0.39 is 25.2 Å². The molecule has 5 aromatic rings. The molecule has 244 valence electrons. The van der Waals surface area contributed by atoms with Crippen LogP contribution in [0.5, 0.6) is 22.4 Å². The van der Waals surface area contributed by atoms with Crippen molar-refractivity contribution in [2.75, 3.05) is 0 Å². The number of hydrogen-bond donors (Lipinski definition) is 0. The first kappa shape index (κ1) is 33.9. The van der Waals surface area contributed by atoms with Gasteiger partial charge in [0.2, 0.25) is 0 Å². The Morgan fingerprint density at radius 2 is 1.40 bits per heavy atom. The van der Waals surface area contributed by atoms with Crippen molar-refractivity contribution in [3.05, 3.63) is 130 Å². The van der Waals surface area contributed by atoms with Crippen LogP contribution in [0.15, 0.2) is 90.4 Å². The molecule has 8 nitrogen and oxygen atoms in total. The second kappa shape index (κ2) is 15.0. The molecule has 0 spiro atoms. The number of aromatic nitrogens is 1. The highest BCUT2D eigenvalue weighted by Gasteiger charge is 2.29. The van der Waals surface area contributed by atoms with Gasteiger partial charge < -0.3 is 23.3 Å². The Kier molecular flexibility index (Phi) is 10.8. The van der Waals surface area contributed by atoms with Crippen molar-refractivity contribution in [1.82, 2.24) is 4.98 Å². The summed E-state index contributed by atoms with van der Waals surface area (Å²) in [6.07, 6.45) is 1.36. The minimum atomic E-state index is -4.02. The quantitative estimate of drug-likeness (QED) is 0.0899. The highest BCUT2D eigenvalue weighted by Crippen LogP contribution is 2.49. The van der Waals surface area contributed by atoms with Gasteiger partial charge in [-0.1, -0.05) is 35.6 Å². The standard InChI is InChI=1S/C35H32F2NO7PS/c1-22(2)43-29-17-27(34(39)45-35-38-13-14-47-35)18-30(19-29)44-28-9-11-31(12-10-28)46(40,41-20-25-7-5-23(3)32(36)15-25)42-21-26-8-6-24(4)33(37)16-26/h5-19,22H,20-21H2,1-4H3. The Labute approximate surface area is 275 Å². The predicted molar refractivity (Wildman–Crippen MR) is 175 cm³/mol. The normalized spacial score (nSPS) is 11.5. The van der Waals surface area contributed by atoms with Crippen LogP contribution in [0.4, 0.5) is 8.78 Å². The van der Waals surface area contributed by atoms with E-state index >= 15 is 0 Å². The first-order chi connectivity index (χ1) is 22.5. The molecule has 0 atom stereocenters. The number of benzene rings is 4. The van der Waals surface area contributed by atoms with Gasteiger partial charge in [-0.2, -0.15) is 0 Å². The molecule has 0 N–H and O–H groups in total. The van der Waals surface area contributed by atoms with Crippen LogP contribution in [-0.4, -0.2) is 17.1 Å². The molecule has 0 fully saturated rings. The van der Waals surface area contributed by atoms with Gasteiger partial charge in [-0.3, -0.25) is 4.57 Å². The molecule has 12 heteroatoms. The number of aryl methyl sites for hydroxylation is 2. The SMILES string of the molecule is Cc1ccc(COP(=O)(OCc2ccc(C)c(F)c2)c2ccc(Oc3cc(OC(C)C)cc(C(=O)Oc4nccs4)c3)cc2)cc1F. The minimum absolute atomic E-state index is 0.172. The van der Waals surface area contributed by atoms with Crippen molar-refractivity contribution in [2.24, 2.45) is 0 Å². The van der Waals surface area contributed by atoms with Crippen LogP contribution in [0.2, 0.25) is 0 Å². The van der Waals surface area contributed by atoms with E-state index in [9.17, 15) is 18.1 Å². The lowest BCUT2D eigenvalue weighted by molar-refractivity contribution is 0.0733. The highest BCUT2D eigenvalue weighted by atomic mass is 32.1. The van der Waals surface area contributed by atoms with E-state index in [0.717, 1.165) is 0 Å². The number of nitrogens with zero attached hydrogens (tertiary/aromatic N) is 1. The number of carbonyl (C=O) groups excluding carboxylic acids is 1. The maximum atomic E-state index is 14.2. The largest absolute Gasteiger partial charge is 0.491 e. The monoisotopic (exact) mass is 679 g/mol. The molecule has 0 saturated carbocycles. The summed E-state index contributed by atoms with van der Waals surface area (Å²) >= 11 is 1.18. The lowest BCUT2D eigenvalue weighted by atomic mass is 10.1. The van der Waals surface area contributed by atoms with E-state index in [2.05, 4.69) is 4.98 Å².